The Morgan fingerprint density at radius 3 is 1.90 bits per heavy atom. The van der Waals surface area contributed by atoms with Crippen molar-refractivity contribution in [1.29, 1.82) is 0 Å². The molecule has 0 aromatic heterocycles. The van der Waals surface area contributed by atoms with Gasteiger partial charge in [0.1, 0.15) is 0 Å². The number of hydrogen-bond donors (Lipinski definition) is 2. The van der Waals surface area contributed by atoms with Gasteiger partial charge in [-0.1, -0.05) is 13.8 Å². The molecule has 0 bridgehead atoms. The molecule has 0 unspecified atom stereocenters. The van der Waals surface area contributed by atoms with Gasteiger partial charge in [-0.25, -0.2) is 0 Å². The van der Waals surface area contributed by atoms with Crippen LogP contribution in [-0.2, 0) is 9.59 Å². The van der Waals surface area contributed by atoms with E-state index in [0.717, 1.165) is 0 Å². The van der Waals surface area contributed by atoms with E-state index in [-0.39, 0.29) is 5.92 Å². The fourth-order valence-corrected chi connectivity index (χ4v) is 0.481. The predicted molar refractivity (Wildman–Crippen MR) is 35.5 cm³/mol. The third kappa shape index (κ3) is 2.14. The summed E-state index contributed by atoms with van der Waals surface area (Å²) in [6.45, 7) is 3.23. The number of Topliss-reactive ketones (excluding diaryl/α,β-unsaturated/α-hetero) is 1. The molecule has 4 heteroatoms. The molecule has 0 spiro atoms. The summed E-state index contributed by atoms with van der Waals surface area (Å²) in [7, 11) is 0. The summed E-state index contributed by atoms with van der Waals surface area (Å²) in [5, 5.41) is 8.26. The monoisotopic (exact) mass is 145 g/mol. The topological polar surface area (TPSA) is 80.4 Å². The lowest BCUT2D eigenvalue weighted by Crippen LogP contribution is -2.40. The standard InChI is InChI=1S/C6H11NO3/c1-3(2)5(8)4(7)6(9)10/h3-4H,7H2,1-2H3,(H,9,10)/t4-/m0/s1. The number of rotatable bonds is 3. The van der Waals surface area contributed by atoms with Crippen LogP contribution in [0.1, 0.15) is 13.8 Å². The molecule has 0 aliphatic heterocycles. The number of carboxylic acid groups (broad SMARTS) is 1. The maximum absolute atomic E-state index is 10.8. The SMILES string of the molecule is CC(C)C(=O)[C@H](N)C(=O)O. The molecule has 3 N–H and O–H groups in total. The lowest BCUT2D eigenvalue weighted by molar-refractivity contribution is -0.143. The van der Waals surface area contributed by atoms with Gasteiger partial charge in [-0.3, -0.25) is 9.59 Å². The number of aliphatic carboxylic acids is 1. The predicted octanol–water partition coefficient (Wildman–Crippen LogP) is -0.377. The Morgan fingerprint density at radius 2 is 1.80 bits per heavy atom. The summed E-state index contributed by atoms with van der Waals surface area (Å²) in [4.78, 5) is 20.9. The first-order valence-electron chi connectivity index (χ1n) is 2.99. The highest BCUT2D eigenvalue weighted by molar-refractivity contribution is 6.02. The Labute approximate surface area is 59.0 Å². The maximum Gasteiger partial charge on any atom is 0.328 e. The molecule has 0 saturated heterocycles. The molecular formula is C6H11NO3. The molecule has 0 aliphatic carbocycles. The minimum atomic E-state index is -1.36. The molecule has 10 heavy (non-hydrogen) atoms. The van der Waals surface area contributed by atoms with Crippen molar-refractivity contribution in [2.75, 3.05) is 0 Å². The second kappa shape index (κ2) is 3.31. The summed E-state index contributed by atoms with van der Waals surface area (Å²) in [6.07, 6.45) is 0. The second-order valence-electron chi connectivity index (χ2n) is 2.37. The van der Waals surface area contributed by atoms with E-state index >= 15 is 0 Å². The third-order valence-electron chi connectivity index (χ3n) is 1.14. The van der Waals surface area contributed by atoms with Crippen LogP contribution in [0.3, 0.4) is 0 Å². The summed E-state index contributed by atoms with van der Waals surface area (Å²) >= 11 is 0. The van der Waals surface area contributed by atoms with E-state index in [1.165, 1.54) is 0 Å². The number of nitrogens with two attached hydrogens (primary N) is 1. The van der Waals surface area contributed by atoms with E-state index in [1.54, 1.807) is 13.8 Å². The third-order valence-corrected chi connectivity index (χ3v) is 1.14. The number of carbonyl (C=O) groups excluding carboxylic acids is 1. The molecule has 0 amide bonds. The lowest BCUT2D eigenvalue weighted by atomic mass is 10.0. The average molecular weight is 145 g/mol. The fraction of sp³-hybridized carbons (Fsp3) is 0.667. The van der Waals surface area contributed by atoms with Crippen LogP contribution < -0.4 is 5.73 Å². The van der Waals surface area contributed by atoms with Crippen molar-refractivity contribution in [3.05, 3.63) is 0 Å². The number of carboxylic acids is 1. The first-order chi connectivity index (χ1) is 4.46. The van der Waals surface area contributed by atoms with Gasteiger partial charge in [0, 0.05) is 5.92 Å². The molecule has 0 aromatic carbocycles. The van der Waals surface area contributed by atoms with Gasteiger partial charge in [0.25, 0.3) is 0 Å². The molecule has 0 aromatic rings. The first kappa shape index (κ1) is 9.10. The molecule has 0 rings (SSSR count). The minimum Gasteiger partial charge on any atom is -0.480 e. The summed E-state index contributed by atoms with van der Waals surface area (Å²) < 4.78 is 0. The van der Waals surface area contributed by atoms with Gasteiger partial charge in [-0.05, 0) is 0 Å². The Hall–Kier alpha value is -0.900. The fourth-order valence-electron chi connectivity index (χ4n) is 0.481. The van der Waals surface area contributed by atoms with Gasteiger partial charge in [0.15, 0.2) is 11.8 Å². The second-order valence-corrected chi connectivity index (χ2v) is 2.37. The van der Waals surface area contributed by atoms with E-state index < -0.39 is 17.8 Å². The highest BCUT2D eigenvalue weighted by Gasteiger charge is 2.22. The highest BCUT2D eigenvalue weighted by atomic mass is 16.4. The molecule has 0 radical (unpaired) electrons. The van der Waals surface area contributed by atoms with Crippen molar-refractivity contribution in [2.45, 2.75) is 19.9 Å². The summed E-state index contributed by atoms with van der Waals surface area (Å²) in [6, 6.07) is -1.36. The molecule has 0 heterocycles. The van der Waals surface area contributed by atoms with E-state index in [1.807, 2.05) is 0 Å². The molecule has 0 saturated carbocycles. The number of carbonyl (C=O) groups is 2. The van der Waals surface area contributed by atoms with Crippen LogP contribution in [0.15, 0.2) is 0 Å². The van der Waals surface area contributed by atoms with Crippen LogP contribution in [0.5, 0.6) is 0 Å². The zero-order valence-electron chi connectivity index (χ0n) is 6.00. The summed E-state index contributed by atoms with van der Waals surface area (Å²) in [5.74, 6) is -2.02. The molecule has 1 atom stereocenters. The molecular weight excluding hydrogens is 134 g/mol. The van der Waals surface area contributed by atoms with Crippen LogP contribution in [0.25, 0.3) is 0 Å². The highest BCUT2D eigenvalue weighted by Crippen LogP contribution is 1.97. The molecule has 4 nitrogen and oxygen atoms in total. The van der Waals surface area contributed by atoms with Crippen LogP contribution >= 0.6 is 0 Å². The van der Waals surface area contributed by atoms with Gasteiger partial charge in [0.05, 0.1) is 0 Å². The Kier molecular flexibility index (Phi) is 3.02. The molecule has 58 valence electrons. The van der Waals surface area contributed by atoms with Crippen molar-refractivity contribution in [1.82, 2.24) is 0 Å². The molecule has 0 fully saturated rings. The van der Waals surface area contributed by atoms with Crippen molar-refractivity contribution in [3.63, 3.8) is 0 Å². The van der Waals surface area contributed by atoms with E-state index in [4.69, 9.17) is 10.8 Å². The van der Waals surface area contributed by atoms with E-state index in [0.29, 0.717) is 0 Å². The van der Waals surface area contributed by atoms with Crippen molar-refractivity contribution >= 4 is 11.8 Å². The minimum absolute atomic E-state index is 0.314. The Balaban J connectivity index is 4.08. The average Bonchev–Trinajstić information content (AvgIpc) is 1.84. The van der Waals surface area contributed by atoms with Crippen LogP contribution in [-0.4, -0.2) is 22.9 Å². The Bertz CT molecular complexity index is 153. The zero-order chi connectivity index (χ0) is 8.31. The van der Waals surface area contributed by atoms with Gasteiger partial charge in [-0.15, -0.1) is 0 Å². The van der Waals surface area contributed by atoms with Gasteiger partial charge in [0.2, 0.25) is 0 Å². The maximum atomic E-state index is 10.8. The van der Waals surface area contributed by atoms with Gasteiger partial charge >= 0.3 is 5.97 Å². The van der Waals surface area contributed by atoms with Gasteiger partial charge in [-0.2, -0.15) is 0 Å². The van der Waals surface area contributed by atoms with Crippen molar-refractivity contribution < 1.29 is 14.7 Å². The lowest BCUT2D eigenvalue weighted by Gasteiger charge is -2.06. The molecule has 0 aliphatic rings. The largest absolute Gasteiger partial charge is 0.480 e. The van der Waals surface area contributed by atoms with Crippen LogP contribution in [0, 0.1) is 5.92 Å². The first-order valence-corrected chi connectivity index (χ1v) is 2.99. The smallest absolute Gasteiger partial charge is 0.328 e. The van der Waals surface area contributed by atoms with Crippen molar-refractivity contribution in [3.8, 4) is 0 Å². The number of ketones is 1. The van der Waals surface area contributed by atoms with Crippen molar-refractivity contribution in [2.24, 2.45) is 11.7 Å². The van der Waals surface area contributed by atoms with Crippen LogP contribution in [0.2, 0.25) is 0 Å². The summed E-state index contributed by atoms with van der Waals surface area (Å²) in [5.41, 5.74) is 5.01. The Morgan fingerprint density at radius 1 is 1.40 bits per heavy atom. The number of hydrogen-bond acceptors (Lipinski definition) is 3. The van der Waals surface area contributed by atoms with E-state index in [9.17, 15) is 9.59 Å². The normalized spacial score (nSPS) is 13.2. The van der Waals surface area contributed by atoms with Crippen LogP contribution in [0.4, 0.5) is 0 Å². The van der Waals surface area contributed by atoms with E-state index in [2.05, 4.69) is 0 Å². The zero-order valence-corrected chi connectivity index (χ0v) is 6.00. The van der Waals surface area contributed by atoms with Gasteiger partial charge < -0.3 is 10.8 Å². The quantitative estimate of drug-likeness (QED) is 0.530.